The second kappa shape index (κ2) is 4.02. The topological polar surface area (TPSA) is 49.9 Å². The summed E-state index contributed by atoms with van der Waals surface area (Å²) >= 11 is 0. The molecule has 0 radical (unpaired) electrons. The minimum Gasteiger partial charge on any atom is -0.324 e. The minimum absolute atomic E-state index is 0.00120. The molecule has 0 fully saturated rings. The fourth-order valence-electron chi connectivity index (χ4n) is 1.20. The highest BCUT2D eigenvalue weighted by molar-refractivity contribution is 6.07. The van der Waals surface area contributed by atoms with Gasteiger partial charge in [-0.05, 0) is 25.0 Å². The van der Waals surface area contributed by atoms with E-state index in [-0.39, 0.29) is 6.04 Å². The molecule has 0 saturated carbocycles. The Morgan fingerprint density at radius 3 is 3.08 bits per heavy atom. The number of hydrogen-bond acceptors (Lipinski definition) is 2. The smallest absolute Gasteiger partial charge is 0.0584 e. The van der Waals surface area contributed by atoms with Gasteiger partial charge in [-0.25, -0.2) is 0 Å². The Hall–Kier alpha value is -1.15. The summed E-state index contributed by atoms with van der Waals surface area (Å²) in [4.78, 5) is 0. The van der Waals surface area contributed by atoms with Gasteiger partial charge in [0, 0.05) is 6.04 Å². The van der Waals surface area contributed by atoms with E-state index in [1.807, 2.05) is 31.2 Å². The predicted molar refractivity (Wildman–Crippen MR) is 52.4 cm³/mol. The molecule has 0 amide bonds. The van der Waals surface area contributed by atoms with Crippen molar-refractivity contribution >= 4 is 5.71 Å². The van der Waals surface area contributed by atoms with Gasteiger partial charge in [-0.1, -0.05) is 24.3 Å². The molecule has 0 saturated heterocycles. The SMILES string of the molecule is C/C=C/C(=N)C1=CC=CCC1N. The molecular weight excluding hydrogens is 148 g/mol. The molecular formula is C10H14N2. The molecule has 0 aromatic heterocycles. The fourth-order valence-corrected chi connectivity index (χ4v) is 1.20. The van der Waals surface area contributed by atoms with Gasteiger partial charge < -0.3 is 11.1 Å². The first kappa shape index (κ1) is 8.94. The summed E-state index contributed by atoms with van der Waals surface area (Å²) < 4.78 is 0. The third kappa shape index (κ3) is 1.92. The van der Waals surface area contributed by atoms with Crippen LogP contribution in [0, 0.1) is 5.41 Å². The zero-order valence-electron chi connectivity index (χ0n) is 7.25. The average molecular weight is 162 g/mol. The van der Waals surface area contributed by atoms with Gasteiger partial charge in [0.15, 0.2) is 0 Å². The van der Waals surface area contributed by atoms with Crippen molar-refractivity contribution in [2.24, 2.45) is 5.73 Å². The van der Waals surface area contributed by atoms with E-state index in [1.165, 1.54) is 0 Å². The van der Waals surface area contributed by atoms with Crippen molar-refractivity contribution in [3.63, 3.8) is 0 Å². The molecule has 0 aliphatic heterocycles. The maximum Gasteiger partial charge on any atom is 0.0584 e. The lowest BCUT2D eigenvalue weighted by Gasteiger charge is -2.15. The van der Waals surface area contributed by atoms with E-state index in [9.17, 15) is 0 Å². The summed E-state index contributed by atoms with van der Waals surface area (Å²) in [6.45, 7) is 1.90. The van der Waals surface area contributed by atoms with Crippen molar-refractivity contribution in [3.8, 4) is 0 Å². The Labute approximate surface area is 73.0 Å². The number of nitrogens with one attached hydrogen (secondary N) is 1. The lowest BCUT2D eigenvalue weighted by molar-refractivity contribution is 0.801. The first-order chi connectivity index (χ1) is 5.75. The molecule has 0 bridgehead atoms. The minimum atomic E-state index is -0.00120. The molecule has 0 aromatic rings. The van der Waals surface area contributed by atoms with Crippen LogP contribution in [0.4, 0.5) is 0 Å². The van der Waals surface area contributed by atoms with Gasteiger partial charge in [0.1, 0.15) is 0 Å². The number of rotatable bonds is 2. The molecule has 1 aliphatic rings. The Morgan fingerprint density at radius 2 is 2.50 bits per heavy atom. The summed E-state index contributed by atoms with van der Waals surface area (Å²) in [5.74, 6) is 0. The molecule has 1 aliphatic carbocycles. The monoisotopic (exact) mass is 162 g/mol. The van der Waals surface area contributed by atoms with E-state index in [1.54, 1.807) is 6.08 Å². The van der Waals surface area contributed by atoms with Crippen molar-refractivity contribution in [3.05, 3.63) is 36.0 Å². The third-order valence-electron chi connectivity index (χ3n) is 1.85. The standard InChI is InChI=1S/C10H14N2/c1-2-5-9(11)8-6-3-4-7-10(8)12/h2-6,10-11H,7,12H2,1H3/b5-2+,11-9?. The van der Waals surface area contributed by atoms with Gasteiger partial charge in [-0.3, -0.25) is 0 Å². The van der Waals surface area contributed by atoms with Gasteiger partial charge in [0.05, 0.1) is 5.71 Å². The molecule has 0 spiro atoms. The van der Waals surface area contributed by atoms with Crippen molar-refractivity contribution in [1.29, 1.82) is 5.41 Å². The van der Waals surface area contributed by atoms with E-state index in [0.29, 0.717) is 5.71 Å². The number of nitrogens with two attached hydrogens (primary N) is 1. The maximum absolute atomic E-state index is 7.64. The molecule has 3 N–H and O–H groups in total. The number of hydrogen-bond donors (Lipinski definition) is 2. The Morgan fingerprint density at radius 1 is 1.75 bits per heavy atom. The highest BCUT2D eigenvalue weighted by Gasteiger charge is 2.12. The molecule has 1 unspecified atom stereocenters. The quantitative estimate of drug-likeness (QED) is 0.597. The van der Waals surface area contributed by atoms with Crippen LogP contribution in [0.3, 0.4) is 0 Å². The lowest BCUT2D eigenvalue weighted by Crippen LogP contribution is -2.26. The Bertz CT molecular complexity index is 259. The van der Waals surface area contributed by atoms with Crippen LogP contribution in [0.1, 0.15) is 13.3 Å². The van der Waals surface area contributed by atoms with Crippen LogP contribution in [-0.4, -0.2) is 11.8 Å². The third-order valence-corrected chi connectivity index (χ3v) is 1.85. The predicted octanol–water partition coefficient (Wildman–Crippen LogP) is 1.80. The van der Waals surface area contributed by atoms with E-state index in [2.05, 4.69) is 0 Å². The van der Waals surface area contributed by atoms with Crippen molar-refractivity contribution in [1.82, 2.24) is 0 Å². The molecule has 2 heteroatoms. The summed E-state index contributed by atoms with van der Waals surface area (Å²) in [5, 5.41) is 7.64. The normalized spacial score (nSPS) is 22.8. The Balaban J connectivity index is 2.78. The second-order valence-corrected chi connectivity index (χ2v) is 2.81. The van der Waals surface area contributed by atoms with E-state index in [0.717, 1.165) is 12.0 Å². The molecule has 1 rings (SSSR count). The average Bonchev–Trinajstić information content (AvgIpc) is 2.05. The van der Waals surface area contributed by atoms with Crippen LogP contribution in [-0.2, 0) is 0 Å². The number of allylic oxidation sites excluding steroid dienone is 4. The van der Waals surface area contributed by atoms with Crippen molar-refractivity contribution in [2.45, 2.75) is 19.4 Å². The first-order valence-electron chi connectivity index (χ1n) is 4.09. The second-order valence-electron chi connectivity index (χ2n) is 2.81. The molecule has 2 nitrogen and oxygen atoms in total. The first-order valence-corrected chi connectivity index (χ1v) is 4.09. The van der Waals surface area contributed by atoms with E-state index >= 15 is 0 Å². The summed E-state index contributed by atoms with van der Waals surface area (Å²) in [6, 6.07) is -0.00120. The molecule has 64 valence electrons. The van der Waals surface area contributed by atoms with Crippen LogP contribution < -0.4 is 5.73 Å². The highest BCUT2D eigenvalue weighted by Crippen LogP contribution is 2.12. The van der Waals surface area contributed by atoms with Crippen LogP contribution >= 0.6 is 0 Å². The van der Waals surface area contributed by atoms with Gasteiger partial charge in [0.25, 0.3) is 0 Å². The largest absolute Gasteiger partial charge is 0.324 e. The summed E-state index contributed by atoms with van der Waals surface area (Å²) in [6.07, 6.45) is 10.4. The molecule has 0 heterocycles. The molecule has 1 atom stereocenters. The fraction of sp³-hybridized carbons (Fsp3) is 0.300. The van der Waals surface area contributed by atoms with E-state index < -0.39 is 0 Å². The van der Waals surface area contributed by atoms with Crippen LogP contribution in [0.25, 0.3) is 0 Å². The van der Waals surface area contributed by atoms with Gasteiger partial charge in [-0.15, -0.1) is 0 Å². The summed E-state index contributed by atoms with van der Waals surface area (Å²) in [7, 11) is 0. The van der Waals surface area contributed by atoms with Crippen molar-refractivity contribution in [2.75, 3.05) is 0 Å². The van der Waals surface area contributed by atoms with E-state index in [4.69, 9.17) is 11.1 Å². The van der Waals surface area contributed by atoms with Crippen LogP contribution in [0.2, 0.25) is 0 Å². The van der Waals surface area contributed by atoms with Gasteiger partial charge >= 0.3 is 0 Å². The molecule has 0 aromatic carbocycles. The Kier molecular flexibility index (Phi) is 3.00. The van der Waals surface area contributed by atoms with Crippen LogP contribution in [0.5, 0.6) is 0 Å². The zero-order valence-corrected chi connectivity index (χ0v) is 7.25. The highest BCUT2D eigenvalue weighted by atomic mass is 14.6. The van der Waals surface area contributed by atoms with Gasteiger partial charge in [0.2, 0.25) is 0 Å². The maximum atomic E-state index is 7.64. The lowest BCUT2D eigenvalue weighted by atomic mass is 9.95. The van der Waals surface area contributed by atoms with Gasteiger partial charge in [-0.2, -0.15) is 0 Å². The molecule has 12 heavy (non-hydrogen) atoms. The van der Waals surface area contributed by atoms with Crippen LogP contribution in [0.15, 0.2) is 36.0 Å². The zero-order chi connectivity index (χ0) is 8.97. The van der Waals surface area contributed by atoms with Crippen molar-refractivity contribution < 1.29 is 0 Å². The summed E-state index contributed by atoms with van der Waals surface area (Å²) in [5.41, 5.74) is 7.26.